The molecule has 0 aliphatic rings. The Morgan fingerprint density at radius 2 is 1.90 bits per heavy atom. The van der Waals surface area contributed by atoms with E-state index in [1.165, 1.54) is 13.4 Å². The number of hydrogen-bond donors (Lipinski definition) is 2. The molecule has 1 aromatic carbocycles. The van der Waals surface area contributed by atoms with Gasteiger partial charge in [-0.25, -0.2) is 13.8 Å². The Labute approximate surface area is 121 Å². The number of aryl methyl sites for hydroxylation is 1. The molecule has 0 aliphatic carbocycles. The molecular formula is C10H9BrF2N4O2S. The van der Waals surface area contributed by atoms with Gasteiger partial charge in [-0.3, -0.25) is 4.72 Å². The van der Waals surface area contributed by atoms with Crippen molar-refractivity contribution < 1.29 is 17.2 Å². The molecule has 0 radical (unpaired) electrons. The van der Waals surface area contributed by atoms with Crippen molar-refractivity contribution in [1.82, 2.24) is 9.55 Å². The van der Waals surface area contributed by atoms with Crippen molar-refractivity contribution >= 4 is 37.5 Å². The lowest BCUT2D eigenvalue weighted by Gasteiger charge is -2.11. The zero-order valence-corrected chi connectivity index (χ0v) is 12.5. The van der Waals surface area contributed by atoms with Gasteiger partial charge in [-0.1, -0.05) is 15.9 Å². The van der Waals surface area contributed by atoms with Crippen LogP contribution in [-0.4, -0.2) is 18.0 Å². The third-order valence-electron chi connectivity index (χ3n) is 2.41. The van der Waals surface area contributed by atoms with E-state index in [4.69, 9.17) is 5.73 Å². The molecule has 2 aromatic rings. The highest BCUT2D eigenvalue weighted by Gasteiger charge is 2.25. The minimum Gasteiger partial charge on any atom is -0.381 e. The normalized spacial score (nSPS) is 11.6. The molecule has 6 nitrogen and oxygen atoms in total. The van der Waals surface area contributed by atoms with Gasteiger partial charge in [-0.05, 0) is 12.1 Å². The number of anilines is 2. The van der Waals surface area contributed by atoms with Gasteiger partial charge in [0.2, 0.25) is 0 Å². The molecule has 0 saturated carbocycles. The number of aromatic nitrogens is 2. The van der Waals surface area contributed by atoms with Gasteiger partial charge >= 0.3 is 0 Å². The standard InChI is InChI=1S/C10H9BrF2N4O2S/c1-17-4-15-9(14)10(17)20(18,19)16-8-6(12)2-5(11)3-7(8)13/h2-4,16H,14H2,1H3. The number of nitrogens with two attached hydrogens (primary N) is 1. The zero-order valence-electron chi connectivity index (χ0n) is 10.1. The second kappa shape index (κ2) is 5.02. The van der Waals surface area contributed by atoms with E-state index in [2.05, 4.69) is 20.9 Å². The van der Waals surface area contributed by atoms with Crippen molar-refractivity contribution in [3.05, 3.63) is 34.6 Å². The third-order valence-corrected chi connectivity index (χ3v) is 4.34. The topological polar surface area (TPSA) is 90.0 Å². The largest absolute Gasteiger partial charge is 0.381 e. The van der Waals surface area contributed by atoms with Crippen molar-refractivity contribution in [3.8, 4) is 0 Å². The van der Waals surface area contributed by atoms with E-state index < -0.39 is 27.3 Å². The molecule has 0 atom stereocenters. The monoisotopic (exact) mass is 366 g/mol. The van der Waals surface area contributed by atoms with Crippen LogP contribution in [0.25, 0.3) is 0 Å². The maximum atomic E-state index is 13.6. The summed E-state index contributed by atoms with van der Waals surface area (Å²) in [5.74, 6) is -2.37. The van der Waals surface area contributed by atoms with Gasteiger partial charge in [-0.15, -0.1) is 0 Å². The molecule has 2 rings (SSSR count). The van der Waals surface area contributed by atoms with E-state index in [9.17, 15) is 17.2 Å². The Bertz CT molecular complexity index is 733. The predicted molar refractivity (Wildman–Crippen MR) is 72.5 cm³/mol. The zero-order chi connectivity index (χ0) is 15.1. The van der Waals surface area contributed by atoms with Crippen molar-refractivity contribution in [2.45, 2.75) is 5.03 Å². The summed E-state index contributed by atoms with van der Waals surface area (Å²) in [6, 6.07) is 1.88. The molecule has 0 aliphatic heterocycles. The summed E-state index contributed by atoms with van der Waals surface area (Å²) in [7, 11) is -2.86. The Balaban J connectivity index is 2.50. The van der Waals surface area contributed by atoms with Gasteiger partial charge in [0.05, 0.1) is 6.33 Å². The van der Waals surface area contributed by atoms with Gasteiger partial charge < -0.3 is 10.3 Å². The Kier molecular flexibility index (Phi) is 3.69. The first-order valence-electron chi connectivity index (χ1n) is 5.16. The average Bonchev–Trinajstić information content (AvgIpc) is 2.64. The second-order valence-electron chi connectivity index (χ2n) is 3.90. The number of halogens is 3. The van der Waals surface area contributed by atoms with Crippen molar-refractivity contribution in [3.63, 3.8) is 0 Å². The van der Waals surface area contributed by atoms with E-state index in [-0.39, 0.29) is 15.3 Å². The van der Waals surface area contributed by atoms with E-state index in [0.29, 0.717) is 0 Å². The van der Waals surface area contributed by atoms with Crippen LogP contribution in [0.4, 0.5) is 20.3 Å². The Hall–Kier alpha value is -1.68. The SMILES string of the molecule is Cn1cnc(N)c1S(=O)(=O)Nc1c(F)cc(Br)cc1F. The number of benzene rings is 1. The van der Waals surface area contributed by atoms with Crippen LogP contribution in [0.2, 0.25) is 0 Å². The van der Waals surface area contributed by atoms with Crippen molar-refractivity contribution in [2.75, 3.05) is 10.5 Å². The van der Waals surface area contributed by atoms with Crippen LogP contribution in [-0.2, 0) is 17.1 Å². The maximum absolute atomic E-state index is 13.6. The predicted octanol–water partition coefficient (Wildman–Crippen LogP) is 1.84. The lowest BCUT2D eigenvalue weighted by Crippen LogP contribution is -2.19. The van der Waals surface area contributed by atoms with Crippen LogP contribution < -0.4 is 10.5 Å². The highest BCUT2D eigenvalue weighted by atomic mass is 79.9. The number of nitrogens with one attached hydrogen (secondary N) is 1. The van der Waals surface area contributed by atoms with Crippen LogP contribution in [0.5, 0.6) is 0 Å². The maximum Gasteiger partial charge on any atom is 0.281 e. The first kappa shape index (κ1) is 14.7. The minimum atomic E-state index is -4.26. The summed E-state index contributed by atoms with van der Waals surface area (Å²) < 4.78 is 54.6. The summed E-state index contributed by atoms with van der Waals surface area (Å²) in [4.78, 5) is 3.61. The van der Waals surface area contributed by atoms with E-state index in [0.717, 1.165) is 16.7 Å². The summed E-state index contributed by atoms with van der Waals surface area (Å²) in [6.07, 6.45) is 1.18. The van der Waals surface area contributed by atoms with Crippen LogP contribution in [0.15, 0.2) is 28.0 Å². The smallest absolute Gasteiger partial charge is 0.281 e. The Morgan fingerprint density at radius 1 is 1.35 bits per heavy atom. The fraction of sp³-hybridized carbons (Fsp3) is 0.100. The minimum absolute atomic E-state index is 0.149. The van der Waals surface area contributed by atoms with Crippen LogP contribution in [0.1, 0.15) is 0 Å². The lowest BCUT2D eigenvalue weighted by atomic mass is 10.3. The molecule has 0 bridgehead atoms. The van der Waals surface area contributed by atoms with Crippen molar-refractivity contribution in [2.24, 2.45) is 7.05 Å². The van der Waals surface area contributed by atoms with Crippen LogP contribution in [0, 0.1) is 11.6 Å². The number of imidazole rings is 1. The summed E-state index contributed by atoms with van der Waals surface area (Å²) >= 11 is 2.90. The molecule has 3 N–H and O–H groups in total. The summed E-state index contributed by atoms with van der Waals surface area (Å²) in [6.45, 7) is 0. The van der Waals surface area contributed by atoms with Gasteiger partial charge in [0, 0.05) is 11.5 Å². The van der Waals surface area contributed by atoms with Gasteiger partial charge in [0.1, 0.15) is 5.69 Å². The molecular weight excluding hydrogens is 358 g/mol. The number of rotatable bonds is 3. The van der Waals surface area contributed by atoms with E-state index in [1.54, 1.807) is 0 Å². The molecule has 1 heterocycles. The molecule has 20 heavy (non-hydrogen) atoms. The number of nitrogens with zero attached hydrogens (tertiary/aromatic N) is 2. The quantitative estimate of drug-likeness (QED) is 0.867. The van der Waals surface area contributed by atoms with Gasteiger partial charge in [0.25, 0.3) is 10.0 Å². The summed E-state index contributed by atoms with van der Waals surface area (Å²) in [5, 5.41) is -0.376. The fourth-order valence-corrected chi connectivity index (χ4v) is 3.30. The molecule has 1 aromatic heterocycles. The molecule has 0 saturated heterocycles. The highest BCUT2D eigenvalue weighted by molar-refractivity contribution is 9.10. The van der Waals surface area contributed by atoms with Gasteiger partial charge in [0.15, 0.2) is 22.5 Å². The molecule has 0 amide bonds. The van der Waals surface area contributed by atoms with E-state index >= 15 is 0 Å². The fourth-order valence-electron chi connectivity index (χ4n) is 1.59. The number of sulfonamides is 1. The second-order valence-corrected chi connectivity index (χ2v) is 6.41. The number of nitrogen functional groups attached to an aromatic ring is 1. The average molecular weight is 367 g/mol. The molecule has 108 valence electrons. The van der Waals surface area contributed by atoms with E-state index in [1.807, 2.05) is 4.72 Å². The van der Waals surface area contributed by atoms with Crippen LogP contribution in [0.3, 0.4) is 0 Å². The first-order valence-corrected chi connectivity index (χ1v) is 7.44. The number of hydrogen-bond acceptors (Lipinski definition) is 4. The Morgan fingerprint density at radius 3 is 2.35 bits per heavy atom. The highest BCUT2D eigenvalue weighted by Crippen LogP contribution is 2.27. The third kappa shape index (κ3) is 2.61. The van der Waals surface area contributed by atoms with Crippen molar-refractivity contribution in [1.29, 1.82) is 0 Å². The van der Waals surface area contributed by atoms with Gasteiger partial charge in [-0.2, -0.15) is 8.42 Å². The molecule has 0 fully saturated rings. The molecule has 10 heteroatoms. The summed E-state index contributed by atoms with van der Waals surface area (Å²) in [5.41, 5.74) is 4.65. The molecule has 0 spiro atoms. The molecule has 0 unspecified atom stereocenters. The lowest BCUT2D eigenvalue weighted by molar-refractivity contribution is 0.578. The van der Waals surface area contributed by atoms with Crippen LogP contribution >= 0.6 is 15.9 Å². The first-order chi connectivity index (χ1) is 9.22.